The Hall–Kier alpha value is -1.62. The first-order valence-corrected chi connectivity index (χ1v) is 5.78. The number of hydrogen-bond donors (Lipinski definition) is 0. The van der Waals surface area contributed by atoms with Gasteiger partial charge in [0.05, 0.1) is 11.3 Å². The molecule has 0 radical (unpaired) electrons. The van der Waals surface area contributed by atoms with E-state index in [0.29, 0.717) is 11.3 Å². The van der Waals surface area contributed by atoms with Crippen molar-refractivity contribution in [3.05, 3.63) is 33.8 Å². The molecule has 2 rings (SSSR count). The van der Waals surface area contributed by atoms with Crippen LogP contribution in [0.3, 0.4) is 0 Å². The minimum absolute atomic E-state index is 0.333. The lowest BCUT2D eigenvalue weighted by atomic mass is 10.3. The molecule has 0 aliphatic carbocycles. The summed E-state index contributed by atoms with van der Waals surface area (Å²) in [5.74, 6) is 0.221. The predicted molar refractivity (Wildman–Crippen MR) is 62.0 cm³/mol. The molecule has 2 heterocycles. The van der Waals surface area contributed by atoms with Crippen LogP contribution in [-0.4, -0.2) is 15.7 Å². The third-order valence-electron chi connectivity index (χ3n) is 2.39. The first-order valence-electron chi connectivity index (χ1n) is 4.84. The van der Waals surface area contributed by atoms with Crippen molar-refractivity contribution in [3.63, 3.8) is 0 Å². The van der Waals surface area contributed by atoms with Crippen LogP contribution < -0.4 is 4.74 Å². The van der Waals surface area contributed by atoms with Crippen LogP contribution in [0.1, 0.15) is 21.7 Å². The number of ether oxygens (including phenoxy) is 1. The van der Waals surface area contributed by atoms with Crippen molar-refractivity contribution >= 4 is 17.3 Å². The molecule has 0 unspecified atom stereocenters. The quantitative estimate of drug-likeness (QED) is 0.752. The highest BCUT2D eigenvalue weighted by atomic mass is 32.1. The van der Waals surface area contributed by atoms with Crippen LogP contribution in [0.2, 0.25) is 0 Å². The van der Waals surface area contributed by atoms with Crippen LogP contribution in [0, 0.1) is 13.8 Å². The Labute approximate surface area is 97.5 Å². The molecule has 5 heteroatoms. The van der Waals surface area contributed by atoms with Gasteiger partial charge >= 0.3 is 5.97 Å². The highest BCUT2D eigenvalue weighted by Gasteiger charge is 2.16. The average Bonchev–Trinajstić information content (AvgIpc) is 2.83. The fraction of sp³-hybridized carbons (Fsp3) is 0.273. The number of thiophene rings is 1. The second-order valence-corrected chi connectivity index (χ2v) is 4.31. The maximum atomic E-state index is 11.7. The molecule has 0 N–H and O–H groups in total. The molecule has 0 saturated carbocycles. The van der Waals surface area contributed by atoms with Crippen LogP contribution in [0.25, 0.3) is 0 Å². The van der Waals surface area contributed by atoms with Gasteiger partial charge in [-0.15, -0.1) is 0 Å². The van der Waals surface area contributed by atoms with Gasteiger partial charge in [-0.1, -0.05) is 0 Å². The molecule has 0 aliphatic rings. The number of carbonyl (C=O) groups is 1. The summed E-state index contributed by atoms with van der Waals surface area (Å²) in [7, 11) is 1.82. The fourth-order valence-corrected chi connectivity index (χ4v) is 2.06. The van der Waals surface area contributed by atoms with Gasteiger partial charge in [0, 0.05) is 12.4 Å². The van der Waals surface area contributed by atoms with Gasteiger partial charge in [-0.2, -0.15) is 16.4 Å². The van der Waals surface area contributed by atoms with Gasteiger partial charge in [0.25, 0.3) is 0 Å². The van der Waals surface area contributed by atoms with Crippen molar-refractivity contribution in [2.45, 2.75) is 13.8 Å². The summed E-state index contributed by atoms with van der Waals surface area (Å²) in [6.45, 7) is 3.69. The number of rotatable bonds is 2. The van der Waals surface area contributed by atoms with E-state index >= 15 is 0 Å². The Morgan fingerprint density at radius 1 is 1.50 bits per heavy atom. The van der Waals surface area contributed by atoms with E-state index in [9.17, 15) is 4.79 Å². The standard InChI is InChI=1S/C11H12N2O2S/c1-7-10(8(2)13(3)12-7)15-11(14)9-4-5-16-6-9/h4-6H,1-3H3. The van der Waals surface area contributed by atoms with Gasteiger partial charge in [0.2, 0.25) is 0 Å². The Kier molecular flexibility index (Phi) is 2.78. The molecular formula is C11H12N2O2S. The van der Waals surface area contributed by atoms with Crippen molar-refractivity contribution in [1.29, 1.82) is 0 Å². The molecule has 0 atom stereocenters. The Morgan fingerprint density at radius 2 is 2.25 bits per heavy atom. The minimum Gasteiger partial charge on any atom is -0.419 e. The molecule has 2 aromatic rings. The number of aromatic nitrogens is 2. The van der Waals surface area contributed by atoms with E-state index < -0.39 is 0 Å². The SMILES string of the molecule is Cc1nn(C)c(C)c1OC(=O)c1ccsc1. The normalized spacial score (nSPS) is 10.4. The first-order chi connectivity index (χ1) is 7.59. The molecule has 0 bridgehead atoms. The van der Waals surface area contributed by atoms with Crippen molar-refractivity contribution < 1.29 is 9.53 Å². The van der Waals surface area contributed by atoms with E-state index in [2.05, 4.69) is 5.10 Å². The second kappa shape index (κ2) is 4.09. The van der Waals surface area contributed by atoms with E-state index in [1.807, 2.05) is 26.3 Å². The zero-order valence-electron chi connectivity index (χ0n) is 9.35. The lowest BCUT2D eigenvalue weighted by Gasteiger charge is -2.02. The number of esters is 1. The average molecular weight is 236 g/mol. The molecule has 2 aromatic heterocycles. The first kappa shape index (κ1) is 10.9. The molecule has 0 fully saturated rings. The largest absolute Gasteiger partial charge is 0.419 e. The third-order valence-corrected chi connectivity index (χ3v) is 3.08. The molecule has 0 saturated heterocycles. The van der Waals surface area contributed by atoms with Crippen molar-refractivity contribution in [3.8, 4) is 5.75 Å². The third kappa shape index (κ3) is 1.86. The van der Waals surface area contributed by atoms with E-state index in [0.717, 1.165) is 11.4 Å². The second-order valence-electron chi connectivity index (χ2n) is 3.53. The molecular weight excluding hydrogens is 224 g/mol. The van der Waals surface area contributed by atoms with E-state index in [1.165, 1.54) is 11.3 Å². The number of nitrogens with zero attached hydrogens (tertiary/aromatic N) is 2. The predicted octanol–water partition coefficient (Wildman–Crippen LogP) is 2.32. The van der Waals surface area contributed by atoms with Crippen LogP contribution in [0.15, 0.2) is 16.8 Å². The van der Waals surface area contributed by atoms with Crippen LogP contribution in [-0.2, 0) is 7.05 Å². The Bertz CT molecular complexity index is 514. The van der Waals surface area contributed by atoms with E-state index in [-0.39, 0.29) is 5.97 Å². The maximum Gasteiger partial charge on any atom is 0.344 e. The highest BCUT2D eigenvalue weighted by molar-refractivity contribution is 7.08. The van der Waals surface area contributed by atoms with Crippen LogP contribution in [0.4, 0.5) is 0 Å². The molecule has 16 heavy (non-hydrogen) atoms. The number of hydrogen-bond acceptors (Lipinski definition) is 4. The molecule has 4 nitrogen and oxygen atoms in total. The zero-order valence-corrected chi connectivity index (χ0v) is 10.2. The zero-order chi connectivity index (χ0) is 11.7. The molecule has 0 amide bonds. The van der Waals surface area contributed by atoms with Crippen molar-refractivity contribution in [2.24, 2.45) is 7.05 Å². The molecule has 0 aliphatic heterocycles. The summed E-state index contributed by atoms with van der Waals surface area (Å²) in [5.41, 5.74) is 2.15. The van der Waals surface area contributed by atoms with Crippen LogP contribution >= 0.6 is 11.3 Å². The maximum absolute atomic E-state index is 11.7. The summed E-state index contributed by atoms with van der Waals surface area (Å²) in [6.07, 6.45) is 0. The smallest absolute Gasteiger partial charge is 0.344 e. The van der Waals surface area contributed by atoms with Crippen LogP contribution in [0.5, 0.6) is 5.75 Å². The van der Waals surface area contributed by atoms with Gasteiger partial charge < -0.3 is 4.74 Å². The Balaban J connectivity index is 2.25. The summed E-state index contributed by atoms with van der Waals surface area (Å²) in [5, 5.41) is 7.80. The van der Waals surface area contributed by atoms with Gasteiger partial charge in [-0.25, -0.2) is 4.79 Å². The summed E-state index contributed by atoms with van der Waals surface area (Å²) in [6, 6.07) is 1.74. The summed E-state index contributed by atoms with van der Waals surface area (Å²) in [4.78, 5) is 11.7. The topological polar surface area (TPSA) is 44.1 Å². The van der Waals surface area contributed by atoms with Gasteiger partial charge in [-0.3, -0.25) is 4.68 Å². The molecule has 84 valence electrons. The lowest BCUT2D eigenvalue weighted by molar-refractivity contribution is 0.0732. The van der Waals surface area contributed by atoms with Crippen molar-refractivity contribution in [2.75, 3.05) is 0 Å². The lowest BCUT2D eigenvalue weighted by Crippen LogP contribution is -2.08. The summed E-state index contributed by atoms with van der Waals surface area (Å²) < 4.78 is 7.03. The summed E-state index contributed by atoms with van der Waals surface area (Å²) >= 11 is 1.47. The highest BCUT2D eigenvalue weighted by Crippen LogP contribution is 2.22. The van der Waals surface area contributed by atoms with E-state index in [1.54, 1.807) is 16.1 Å². The minimum atomic E-state index is -0.333. The fourth-order valence-electron chi connectivity index (χ4n) is 1.43. The monoisotopic (exact) mass is 236 g/mol. The van der Waals surface area contributed by atoms with Crippen molar-refractivity contribution in [1.82, 2.24) is 9.78 Å². The van der Waals surface area contributed by atoms with Gasteiger partial charge in [-0.05, 0) is 25.3 Å². The van der Waals surface area contributed by atoms with Gasteiger partial charge in [0.15, 0.2) is 5.75 Å². The molecule has 0 aromatic carbocycles. The number of aryl methyl sites for hydroxylation is 2. The number of carbonyl (C=O) groups excluding carboxylic acids is 1. The van der Waals surface area contributed by atoms with Gasteiger partial charge in [0.1, 0.15) is 5.69 Å². The Morgan fingerprint density at radius 3 is 2.75 bits per heavy atom. The van der Waals surface area contributed by atoms with E-state index in [4.69, 9.17) is 4.74 Å². The molecule has 0 spiro atoms.